The summed E-state index contributed by atoms with van der Waals surface area (Å²) >= 11 is 1.28. The number of benzene rings is 1. The maximum atomic E-state index is 12.1. The minimum atomic E-state index is 0.0802. The Morgan fingerprint density at radius 1 is 1.35 bits per heavy atom. The first-order chi connectivity index (χ1) is 11.1. The van der Waals surface area contributed by atoms with Crippen LogP contribution in [0.3, 0.4) is 0 Å². The van der Waals surface area contributed by atoms with Crippen molar-refractivity contribution in [2.45, 2.75) is 56.9 Å². The smallest absolute Gasteiger partial charge is 0.224 e. The third kappa shape index (κ3) is 4.50. The highest BCUT2D eigenvalue weighted by Gasteiger charge is 2.30. The average Bonchev–Trinajstić information content (AvgIpc) is 3.09. The standard InChI is InChI=1S/C18H23NO3S/c1-13(20)23-17-10-18(21)19(12-17)11-14-5-4-8-16(9-14)22-15-6-2-3-7-15/h4-5,8-9,15,17H,2-3,6-7,10-12H2,1H3. The fourth-order valence-corrected chi connectivity index (χ4v) is 4.29. The van der Waals surface area contributed by atoms with Crippen molar-refractivity contribution in [1.29, 1.82) is 0 Å². The van der Waals surface area contributed by atoms with Crippen LogP contribution in [0.5, 0.6) is 5.75 Å². The molecule has 1 aliphatic carbocycles. The van der Waals surface area contributed by atoms with Gasteiger partial charge in [0.15, 0.2) is 5.12 Å². The summed E-state index contributed by atoms with van der Waals surface area (Å²) in [5.74, 6) is 1.03. The molecule has 1 atom stereocenters. The molecular weight excluding hydrogens is 310 g/mol. The van der Waals surface area contributed by atoms with Gasteiger partial charge in [-0.2, -0.15) is 0 Å². The van der Waals surface area contributed by atoms with E-state index in [0.717, 1.165) is 24.2 Å². The van der Waals surface area contributed by atoms with Gasteiger partial charge in [-0.25, -0.2) is 0 Å². The van der Waals surface area contributed by atoms with Crippen molar-refractivity contribution in [1.82, 2.24) is 4.90 Å². The summed E-state index contributed by atoms with van der Waals surface area (Å²) in [5, 5.41) is 0.175. The molecule has 0 N–H and O–H groups in total. The van der Waals surface area contributed by atoms with Crippen LogP contribution in [-0.4, -0.2) is 33.8 Å². The second-order valence-corrected chi connectivity index (χ2v) is 7.86. The molecule has 1 aromatic rings. The van der Waals surface area contributed by atoms with Crippen LogP contribution in [0.2, 0.25) is 0 Å². The van der Waals surface area contributed by atoms with Crippen LogP contribution in [0.15, 0.2) is 24.3 Å². The molecule has 0 aromatic heterocycles. The fourth-order valence-electron chi connectivity index (χ4n) is 3.34. The second-order valence-electron chi connectivity index (χ2n) is 6.38. The molecule has 1 saturated carbocycles. The quantitative estimate of drug-likeness (QED) is 0.829. The summed E-state index contributed by atoms with van der Waals surface area (Å²) in [5.41, 5.74) is 1.09. The molecule has 1 unspecified atom stereocenters. The molecule has 1 heterocycles. The summed E-state index contributed by atoms with van der Waals surface area (Å²) in [6.07, 6.45) is 5.58. The van der Waals surface area contributed by atoms with Crippen molar-refractivity contribution in [3.05, 3.63) is 29.8 Å². The van der Waals surface area contributed by atoms with Gasteiger partial charge in [0.2, 0.25) is 5.91 Å². The molecule has 1 amide bonds. The molecule has 124 valence electrons. The van der Waals surface area contributed by atoms with Crippen LogP contribution in [0, 0.1) is 0 Å². The fraction of sp³-hybridized carbons (Fsp3) is 0.556. The number of ether oxygens (including phenoxy) is 1. The molecule has 5 heteroatoms. The number of carbonyl (C=O) groups is 2. The number of carbonyl (C=O) groups excluding carboxylic acids is 2. The molecule has 4 nitrogen and oxygen atoms in total. The predicted molar refractivity (Wildman–Crippen MR) is 91.4 cm³/mol. The van der Waals surface area contributed by atoms with Gasteiger partial charge < -0.3 is 9.64 Å². The maximum Gasteiger partial charge on any atom is 0.224 e. The first-order valence-electron chi connectivity index (χ1n) is 8.31. The largest absolute Gasteiger partial charge is 0.490 e. The Balaban J connectivity index is 1.59. The van der Waals surface area contributed by atoms with Gasteiger partial charge in [0, 0.05) is 31.7 Å². The topological polar surface area (TPSA) is 46.6 Å². The maximum absolute atomic E-state index is 12.1. The van der Waals surface area contributed by atoms with Crippen molar-refractivity contribution in [3.8, 4) is 5.75 Å². The number of hydrogen-bond acceptors (Lipinski definition) is 4. The lowest BCUT2D eigenvalue weighted by Crippen LogP contribution is -2.25. The van der Waals surface area contributed by atoms with Gasteiger partial charge in [0.05, 0.1) is 6.10 Å². The Morgan fingerprint density at radius 2 is 2.13 bits per heavy atom. The Bertz CT molecular complexity index is 583. The normalized spacial score (nSPS) is 21.9. The van der Waals surface area contributed by atoms with Gasteiger partial charge in [0.25, 0.3) is 0 Å². The summed E-state index contributed by atoms with van der Waals surface area (Å²) in [7, 11) is 0. The van der Waals surface area contributed by atoms with Crippen LogP contribution in [-0.2, 0) is 16.1 Å². The summed E-state index contributed by atoms with van der Waals surface area (Å²) in [4.78, 5) is 25.1. The lowest BCUT2D eigenvalue weighted by Gasteiger charge is -2.18. The number of rotatable bonds is 5. The van der Waals surface area contributed by atoms with Crippen molar-refractivity contribution in [2.75, 3.05) is 6.54 Å². The van der Waals surface area contributed by atoms with Gasteiger partial charge in [-0.3, -0.25) is 9.59 Å². The van der Waals surface area contributed by atoms with E-state index in [1.165, 1.54) is 24.6 Å². The zero-order valence-electron chi connectivity index (χ0n) is 13.5. The van der Waals surface area contributed by atoms with E-state index in [1.54, 1.807) is 6.92 Å². The zero-order chi connectivity index (χ0) is 16.2. The van der Waals surface area contributed by atoms with Gasteiger partial charge in [-0.1, -0.05) is 23.9 Å². The highest BCUT2D eigenvalue weighted by Crippen LogP contribution is 2.27. The van der Waals surface area contributed by atoms with E-state index in [4.69, 9.17) is 4.74 Å². The van der Waals surface area contributed by atoms with Crippen molar-refractivity contribution in [3.63, 3.8) is 0 Å². The minimum Gasteiger partial charge on any atom is -0.490 e. The molecule has 0 spiro atoms. The third-order valence-electron chi connectivity index (χ3n) is 4.39. The van der Waals surface area contributed by atoms with Gasteiger partial charge >= 0.3 is 0 Å². The third-order valence-corrected chi connectivity index (χ3v) is 5.37. The molecular formula is C18H23NO3S. The molecule has 2 fully saturated rings. The SMILES string of the molecule is CC(=O)SC1CC(=O)N(Cc2cccc(OC3CCCC3)c2)C1. The number of nitrogens with zero attached hydrogens (tertiary/aromatic N) is 1. The van der Waals surface area contributed by atoms with E-state index in [1.807, 2.05) is 29.2 Å². The van der Waals surface area contributed by atoms with E-state index < -0.39 is 0 Å². The van der Waals surface area contributed by atoms with Gasteiger partial charge in [-0.05, 0) is 43.4 Å². The van der Waals surface area contributed by atoms with Crippen LogP contribution in [0.25, 0.3) is 0 Å². The monoisotopic (exact) mass is 333 g/mol. The minimum absolute atomic E-state index is 0.0802. The van der Waals surface area contributed by atoms with Crippen LogP contribution in [0.4, 0.5) is 0 Å². The summed E-state index contributed by atoms with van der Waals surface area (Å²) < 4.78 is 6.03. The van der Waals surface area contributed by atoms with Gasteiger partial charge in [-0.15, -0.1) is 0 Å². The molecule has 3 rings (SSSR count). The highest BCUT2D eigenvalue weighted by atomic mass is 32.2. The molecule has 0 bridgehead atoms. The van der Waals surface area contributed by atoms with Crippen LogP contribution in [0.1, 0.15) is 44.6 Å². The van der Waals surface area contributed by atoms with Crippen LogP contribution >= 0.6 is 11.8 Å². The molecule has 1 saturated heterocycles. The Morgan fingerprint density at radius 3 is 2.87 bits per heavy atom. The van der Waals surface area contributed by atoms with E-state index >= 15 is 0 Å². The molecule has 2 aliphatic rings. The van der Waals surface area contributed by atoms with Crippen molar-refractivity contribution >= 4 is 22.8 Å². The van der Waals surface area contributed by atoms with E-state index in [2.05, 4.69) is 0 Å². The number of thioether (sulfide) groups is 1. The van der Waals surface area contributed by atoms with Crippen molar-refractivity contribution < 1.29 is 14.3 Å². The van der Waals surface area contributed by atoms with E-state index in [-0.39, 0.29) is 16.3 Å². The Hall–Kier alpha value is -1.49. The molecule has 1 aliphatic heterocycles. The van der Waals surface area contributed by atoms with E-state index in [0.29, 0.717) is 25.6 Å². The summed E-state index contributed by atoms with van der Waals surface area (Å²) in [6, 6.07) is 8.04. The Kier molecular flexibility index (Phi) is 5.26. The second kappa shape index (κ2) is 7.39. The molecule has 0 radical (unpaired) electrons. The Labute approximate surface area is 141 Å². The number of hydrogen-bond donors (Lipinski definition) is 0. The zero-order valence-corrected chi connectivity index (χ0v) is 14.3. The highest BCUT2D eigenvalue weighted by molar-refractivity contribution is 8.14. The van der Waals surface area contributed by atoms with E-state index in [9.17, 15) is 9.59 Å². The number of amides is 1. The first-order valence-corrected chi connectivity index (χ1v) is 9.19. The predicted octanol–water partition coefficient (Wildman–Crippen LogP) is 3.39. The van der Waals surface area contributed by atoms with Gasteiger partial charge in [0.1, 0.15) is 5.75 Å². The lowest BCUT2D eigenvalue weighted by atomic mass is 10.2. The van der Waals surface area contributed by atoms with Crippen LogP contribution < -0.4 is 4.74 Å². The molecule has 23 heavy (non-hydrogen) atoms. The average molecular weight is 333 g/mol. The van der Waals surface area contributed by atoms with Crippen molar-refractivity contribution in [2.24, 2.45) is 0 Å². The number of likely N-dealkylation sites (tertiary alicyclic amines) is 1. The lowest BCUT2D eigenvalue weighted by molar-refractivity contribution is -0.128. The first kappa shape index (κ1) is 16.4. The summed E-state index contributed by atoms with van der Waals surface area (Å²) in [6.45, 7) is 2.80. The molecule has 1 aromatic carbocycles.